The molecule has 13 heavy (non-hydrogen) atoms. The highest BCUT2D eigenvalue weighted by Crippen LogP contribution is 2.12. The van der Waals surface area contributed by atoms with Crippen molar-refractivity contribution >= 4 is 11.9 Å². The molecule has 0 aromatic carbocycles. The predicted molar refractivity (Wildman–Crippen MR) is 44.2 cm³/mol. The third-order valence-electron chi connectivity index (χ3n) is 2.25. The van der Waals surface area contributed by atoms with E-state index < -0.39 is 11.9 Å². The van der Waals surface area contributed by atoms with Gasteiger partial charge in [-0.2, -0.15) is 0 Å². The second kappa shape index (κ2) is 4.23. The Bertz CT molecular complexity index is 208. The molecule has 1 rings (SSSR count). The number of aliphatic carboxylic acids is 1. The van der Waals surface area contributed by atoms with E-state index in [1.807, 2.05) is 0 Å². The quantitative estimate of drug-likeness (QED) is 0.573. The number of carbonyl (C=O) groups excluding carboxylic acids is 1. The van der Waals surface area contributed by atoms with E-state index in [1.165, 1.54) is 4.90 Å². The number of methoxy groups -OCH3 is 1. The number of carboxylic acids is 1. The molecule has 0 spiro atoms. The number of hydrogen-bond acceptors (Lipinski definition) is 3. The molecule has 1 heterocycles. The summed E-state index contributed by atoms with van der Waals surface area (Å²) in [6.07, 6.45) is 1.60. The summed E-state index contributed by atoms with van der Waals surface area (Å²) in [4.78, 5) is 22.7. The summed E-state index contributed by atoms with van der Waals surface area (Å²) in [6, 6.07) is 0. The SMILES string of the molecule is COC1CCN(C(=O)C(=O)O)CC1. The Kier molecular flexibility index (Phi) is 3.25. The predicted octanol–water partition coefficient (Wildman–Crippen LogP) is -0.292. The van der Waals surface area contributed by atoms with Gasteiger partial charge in [0.1, 0.15) is 0 Å². The van der Waals surface area contributed by atoms with Gasteiger partial charge in [0.2, 0.25) is 0 Å². The van der Waals surface area contributed by atoms with E-state index >= 15 is 0 Å². The van der Waals surface area contributed by atoms with Crippen LogP contribution in [0.5, 0.6) is 0 Å². The third kappa shape index (κ3) is 2.42. The molecule has 5 nitrogen and oxygen atoms in total. The summed E-state index contributed by atoms with van der Waals surface area (Å²) in [6.45, 7) is 0.952. The molecule has 1 N–H and O–H groups in total. The smallest absolute Gasteiger partial charge is 0.394 e. The van der Waals surface area contributed by atoms with Crippen molar-refractivity contribution in [3.63, 3.8) is 0 Å². The van der Waals surface area contributed by atoms with Crippen LogP contribution < -0.4 is 0 Å². The number of piperidine rings is 1. The first kappa shape index (κ1) is 9.98. The van der Waals surface area contributed by atoms with Crippen molar-refractivity contribution in [2.75, 3.05) is 20.2 Å². The fourth-order valence-corrected chi connectivity index (χ4v) is 1.43. The van der Waals surface area contributed by atoms with Crippen LogP contribution in [0, 0.1) is 0 Å². The number of ether oxygens (including phenoxy) is 1. The van der Waals surface area contributed by atoms with E-state index in [9.17, 15) is 9.59 Å². The Morgan fingerprint density at radius 1 is 1.38 bits per heavy atom. The number of rotatable bonds is 1. The van der Waals surface area contributed by atoms with E-state index in [4.69, 9.17) is 9.84 Å². The van der Waals surface area contributed by atoms with Gasteiger partial charge in [0.25, 0.3) is 0 Å². The third-order valence-corrected chi connectivity index (χ3v) is 2.25. The van der Waals surface area contributed by atoms with Gasteiger partial charge in [-0.05, 0) is 12.8 Å². The number of likely N-dealkylation sites (tertiary alicyclic amines) is 1. The van der Waals surface area contributed by atoms with Crippen LogP contribution in [0.1, 0.15) is 12.8 Å². The molecule has 1 saturated heterocycles. The van der Waals surface area contributed by atoms with Crippen LogP contribution in [0.2, 0.25) is 0 Å². The summed E-state index contributed by atoms with van der Waals surface area (Å²) in [7, 11) is 1.62. The van der Waals surface area contributed by atoms with Crippen LogP contribution in [-0.4, -0.2) is 48.2 Å². The summed E-state index contributed by atoms with van der Waals surface area (Å²) in [5.74, 6) is -2.19. The van der Waals surface area contributed by atoms with Gasteiger partial charge in [-0.15, -0.1) is 0 Å². The molecule has 0 aromatic rings. The zero-order valence-corrected chi connectivity index (χ0v) is 7.52. The minimum atomic E-state index is -1.38. The first-order valence-electron chi connectivity index (χ1n) is 4.20. The lowest BCUT2D eigenvalue weighted by atomic mass is 10.1. The lowest BCUT2D eigenvalue weighted by Gasteiger charge is -2.29. The van der Waals surface area contributed by atoms with Crippen LogP contribution >= 0.6 is 0 Å². The topological polar surface area (TPSA) is 66.8 Å². The first-order valence-corrected chi connectivity index (χ1v) is 4.20. The van der Waals surface area contributed by atoms with Crippen LogP contribution in [0.3, 0.4) is 0 Å². The van der Waals surface area contributed by atoms with Gasteiger partial charge in [-0.3, -0.25) is 4.79 Å². The second-order valence-electron chi connectivity index (χ2n) is 3.03. The maximum atomic E-state index is 11.0. The zero-order valence-electron chi connectivity index (χ0n) is 7.52. The molecule has 0 aromatic heterocycles. The van der Waals surface area contributed by atoms with Gasteiger partial charge in [-0.1, -0.05) is 0 Å². The summed E-state index contributed by atoms with van der Waals surface area (Å²) in [5.41, 5.74) is 0. The van der Waals surface area contributed by atoms with Crippen LogP contribution in [0.15, 0.2) is 0 Å². The highest BCUT2D eigenvalue weighted by atomic mass is 16.5. The van der Waals surface area contributed by atoms with Crippen molar-refractivity contribution in [1.29, 1.82) is 0 Å². The monoisotopic (exact) mass is 187 g/mol. The lowest BCUT2D eigenvalue weighted by Crippen LogP contribution is -2.43. The van der Waals surface area contributed by atoms with Gasteiger partial charge in [0.15, 0.2) is 0 Å². The number of nitrogens with zero attached hydrogens (tertiary/aromatic N) is 1. The molecule has 0 aliphatic carbocycles. The minimum Gasteiger partial charge on any atom is -0.474 e. The standard InChI is InChI=1S/C8H13NO4/c1-13-6-2-4-9(5-3-6)7(10)8(11)12/h6H,2-5H2,1H3,(H,11,12). The summed E-state index contributed by atoms with van der Waals surface area (Å²) < 4.78 is 5.09. The highest BCUT2D eigenvalue weighted by molar-refractivity contribution is 6.31. The van der Waals surface area contributed by atoms with Crippen LogP contribution in [0.25, 0.3) is 0 Å². The molecule has 0 radical (unpaired) electrons. The van der Waals surface area contributed by atoms with Crippen molar-refractivity contribution in [3.8, 4) is 0 Å². The Hall–Kier alpha value is -1.10. The van der Waals surface area contributed by atoms with Crippen molar-refractivity contribution in [3.05, 3.63) is 0 Å². The van der Waals surface area contributed by atoms with Crippen molar-refractivity contribution in [2.24, 2.45) is 0 Å². The lowest BCUT2D eigenvalue weighted by molar-refractivity contribution is -0.157. The van der Waals surface area contributed by atoms with Gasteiger partial charge in [0.05, 0.1) is 6.10 Å². The van der Waals surface area contributed by atoms with Crippen molar-refractivity contribution in [2.45, 2.75) is 18.9 Å². The molecule has 1 fully saturated rings. The Balaban J connectivity index is 2.41. The average Bonchev–Trinajstić information content (AvgIpc) is 2.17. The first-order chi connectivity index (χ1) is 6.15. The van der Waals surface area contributed by atoms with Crippen LogP contribution in [0.4, 0.5) is 0 Å². The van der Waals surface area contributed by atoms with E-state index in [1.54, 1.807) is 7.11 Å². The Morgan fingerprint density at radius 3 is 2.31 bits per heavy atom. The molecule has 1 aliphatic heterocycles. The van der Waals surface area contributed by atoms with Gasteiger partial charge >= 0.3 is 11.9 Å². The fourth-order valence-electron chi connectivity index (χ4n) is 1.43. The molecule has 5 heteroatoms. The molecular weight excluding hydrogens is 174 g/mol. The van der Waals surface area contributed by atoms with E-state index in [2.05, 4.69) is 0 Å². The summed E-state index contributed by atoms with van der Waals surface area (Å²) in [5, 5.41) is 8.43. The normalized spacial score (nSPS) is 18.7. The molecule has 0 unspecified atom stereocenters. The number of amides is 1. The number of carbonyl (C=O) groups is 2. The summed E-state index contributed by atoms with van der Waals surface area (Å²) >= 11 is 0. The second-order valence-corrected chi connectivity index (χ2v) is 3.03. The van der Waals surface area contributed by atoms with Crippen LogP contribution in [-0.2, 0) is 14.3 Å². The molecule has 74 valence electrons. The number of hydrogen-bond donors (Lipinski definition) is 1. The Morgan fingerprint density at radius 2 is 1.92 bits per heavy atom. The number of carboxylic acid groups (broad SMARTS) is 1. The molecule has 1 aliphatic rings. The van der Waals surface area contributed by atoms with Gasteiger partial charge in [0, 0.05) is 20.2 Å². The van der Waals surface area contributed by atoms with E-state index in [0.717, 1.165) is 12.8 Å². The Labute approximate surface area is 76.3 Å². The molecule has 0 atom stereocenters. The minimum absolute atomic E-state index is 0.165. The molecular formula is C8H13NO4. The van der Waals surface area contributed by atoms with Gasteiger partial charge in [-0.25, -0.2) is 4.79 Å². The van der Waals surface area contributed by atoms with Crippen molar-refractivity contribution in [1.82, 2.24) is 4.90 Å². The largest absolute Gasteiger partial charge is 0.474 e. The van der Waals surface area contributed by atoms with Gasteiger partial charge < -0.3 is 14.7 Å². The van der Waals surface area contributed by atoms with E-state index in [0.29, 0.717) is 13.1 Å². The average molecular weight is 187 g/mol. The maximum absolute atomic E-state index is 11.0. The molecule has 0 bridgehead atoms. The fraction of sp³-hybridized carbons (Fsp3) is 0.750. The van der Waals surface area contributed by atoms with E-state index in [-0.39, 0.29) is 6.10 Å². The van der Waals surface area contributed by atoms with Crippen molar-refractivity contribution < 1.29 is 19.4 Å². The molecule has 1 amide bonds. The maximum Gasteiger partial charge on any atom is 0.394 e. The molecule has 0 saturated carbocycles. The zero-order chi connectivity index (χ0) is 9.84. The highest BCUT2D eigenvalue weighted by Gasteiger charge is 2.26.